The van der Waals surface area contributed by atoms with Gasteiger partial charge in [0.25, 0.3) is 0 Å². The van der Waals surface area contributed by atoms with E-state index in [1.807, 2.05) is 0 Å². The summed E-state index contributed by atoms with van der Waals surface area (Å²) < 4.78 is 91.0. The zero-order valence-corrected chi connectivity index (χ0v) is 21.0. The van der Waals surface area contributed by atoms with E-state index in [0.717, 1.165) is 7.05 Å². The first-order valence-electron chi connectivity index (χ1n) is 10.4. The van der Waals surface area contributed by atoms with E-state index in [1.54, 1.807) is 0 Å². The van der Waals surface area contributed by atoms with Crippen molar-refractivity contribution in [3.8, 4) is 0 Å². The number of imide groups is 1. The molecule has 0 aliphatic heterocycles. The summed E-state index contributed by atoms with van der Waals surface area (Å²) in [7, 11) is 0.811. The number of hydrogen-bond donors (Lipinski definition) is 0. The first-order chi connectivity index (χ1) is 15.5. The molecule has 14 heteroatoms. The van der Waals surface area contributed by atoms with Gasteiger partial charge in [0.2, 0.25) is 5.84 Å². The van der Waals surface area contributed by atoms with Gasteiger partial charge in [0.05, 0.1) is 6.54 Å². The average Bonchev–Trinajstić information content (AvgIpc) is 2.59. The van der Waals surface area contributed by atoms with Gasteiger partial charge in [-0.1, -0.05) is 6.58 Å². The van der Waals surface area contributed by atoms with Crippen molar-refractivity contribution in [2.45, 2.75) is 78.2 Å². The molecule has 0 heterocycles. The molecule has 0 saturated carbocycles. The largest absolute Gasteiger partial charge is 0.449 e. The monoisotopic (exact) mass is 518 g/mol. The lowest BCUT2D eigenvalue weighted by molar-refractivity contribution is -0.0752. The van der Waals surface area contributed by atoms with Crippen molar-refractivity contribution < 1.29 is 45.4 Å². The zero-order valence-electron chi connectivity index (χ0n) is 21.0. The molecule has 1 unspecified atom stereocenters. The Hall–Kier alpha value is -2.80. The van der Waals surface area contributed by atoms with Gasteiger partial charge in [0, 0.05) is 13.6 Å². The van der Waals surface area contributed by atoms with Gasteiger partial charge in [0.15, 0.2) is 0 Å². The number of aliphatic imine (C=N–C) groups is 2. The second kappa shape index (κ2) is 11.8. The van der Waals surface area contributed by atoms with Crippen LogP contribution in [0.2, 0.25) is 0 Å². The van der Waals surface area contributed by atoms with Crippen LogP contribution in [0.15, 0.2) is 22.6 Å². The molecule has 0 spiro atoms. The number of likely N-dealkylation sites (N-methyl/N-ethyl adjacent to an activating group) is 1. The predicted molar refractivity (Wildman–Crippen MR) is 118 cm³/mol. The molecule has 0 bridgehead atoms. The molecule has 8 nitrogen and oxygen atoms in total. The number of carbonyl (C=O) groups is 2. The molecule has 0 fully saturated rings. The maximum Gasteiger partial charge on any atom is 0.449 e. The molecule has 0 aromatic heterocycles. The SMILES string of the molecule is C=CC(=NCC(N(C)C(=NCC)C(F)(F)F)N(C(=O)OC(C)(C)C)C(=O)OC(C)(C)C)C(F)(F)F. The predicted octanol–water partition coefficient (Wildman–Crippen LogP) is 5.59. The van der Waals surface area contributed by atoms with Crippen molar-refractivity contribution >= 4 is 23.7 Å². The van der Waals surface area contributed by atoms with Crippen molar-refractivity contribution in [1.29, 1.82) is 0 Å². The number of nitrogens with zero attached hydrogens (tertiary/aromatic N) is 4. The first-order valence-corrected chi connectivity index (χ1v) is 10.4. The molecule has 2 amide bonds. The number of alkyl halides is 6. The Bertz CT molecular complexity index is 796. The van der Waals surface area contributed by atoms with Crippen LogP contribution >= 0.6 is 0 Å². The molecule has 35 heavy (non-hydrogen) atoms. The Morgan fingerprint density at radius 1 is 0.886 bits per heavy atom. The van der Waals surface area contributed by atoms with Crippen LogP contribution in [-0.4, -0.2) is 83.4 Å². The lowest BCUT2D eigenvalue weighted by Gasteiger charge is -2.38. The minimum Gasteiger partial charge on any atom is -0.443 e. The number of allylic oxidation sites excluding steroid dienone is 1. The van der Waals surface area contributed by atoms with Crippen LogP contribution in [0.5, 0.6) is 0 Å². The third kappa shape index (κ3) is 11.0. The highest BCUT2D eigenvalue weighted by Gasteiger charge is 2.46. The summed E-state index contributed by atoms with van der Waals surface area (Å²) in [5.74, 6) is -1.55. The number of ether oxygens (including phenoxy) is 2. The van der Waals surface area contributed by atoms with Crippen molar-refractivity contribution in [1.82, 2.24) is 9.80 Å². The third-order valence-electron chi connectivity index (χ3n) is 3.73. The molecule has 1 atom stereocenters. The van der Waals surface area contributed by atoms with E-state index in [0.29, 0.717) is 11.0 Å². The Labute approximate surface area is 200 Å². The molecule has 0 aromatic carbocycles. The van der Waals surface area contributed by atoms with Crippen LogP contribution in [-0.2, 0) is 9.47 Å². The second-order valence-electron chi connectivity index (χ2n) is 9.15. The van der Waals surface area contributed by atoms with E-state index >= 15 is 0 Å². The number of amidine groups is 1. The maximum absolute atomic E-state index is 13.7. The molecule has 0 aromatic rings. The summed E-state index contributed by atoms with van der Waals surface area (Å²) in [4.78, 5) is 33.0. The number of carbonyl (C=O) groups excluding carboxylic acids is 2. The first kappa shape index (κ1) is 32.2. The zero-order chi connectivity index (χ0) is 28.0. The number of amides is 2. The molecule has 202 valence electrons. The smallest absolute Gasteiger partial charge is 0.443 e. The Balaban J connectivity index is 6.95. The summed E-state index contributed by atoms with van der Waals surface area (Å²) in [6, 6.07) is 0. The third-order valence-corrected chi connectivity index (χ3v) is 3.73. The van der Waals surface area contributed by atoms with E-state index in [2.05, 4.69) is 16.6 Å². The molecule has 0 aliphatic carbocycles. The fourth-order valence-corrected chi connectivity index (χ4v) is 2.46. The number of hydrogen-bond acceptors (Lipinski definition) is 6. The normalized spacial score (nSPS) is 14.8. The molecule has 0 saturated heterocycles. The van der Waals surface area contributed by atoms with Gasteiger partial charge >= 0.3 is 24.5 Å². The van der Waals surface area contributed by atoms with E-state index in [4.69, 9.17) is 9.47 Å². The van der Waals surface area contributed by atoms with Crippen LogP contribution < -0.4 is 0 Å². The Kier molecular flexibility index (Phi) is 10.8. The van der Waals surface area contributed by atoms with E-state index in [1.165, 1.54) is 48.5 Å². The molecular formula is C21H32F6N4O4. The second-order valence-corrected chi connectivity index (χ2v) is 9.15. The summed E-state index contributed by atoms with van der Waals surface area (Å²) in [6.45, 7) is 11.4. The van der Waals surface area contributed by atoms with Crippen LogP contribution in [0, 0.1) is 0 Å². The average molecular weight is 518 g/mol. The van der Waals surface area contributed by atoms with Crippen LogP contribution in [0.25, 0.3) is 0 Å². The van der Waals surface area contributed by atoms with Crippen LogP contribution in [0.1, 0.15) is 48.5 Å². The quantitative estimate of drug-likeness (QED) is 0.198. The van der Waals surface area contributed by atoms with Crippen molar-refractivity contribution in [3.05, 3.63) is 12.7 Å². The summed E-state index contributed by atoms with van der Waals surface area (Å²) in [5.41, 5.74) is -3.95. The van der Waals surface area contributed by atoms with Crippen molar-refractivity contribution in [2.75, 3.05) is 20.1 Å². The molecule has 0 radical (unpaired) electrons. The maximum atomic E-state index is 13.7. The molecular weight excluding hydrogens is 486 g/mol. The molecule has 0 N–H and O–H groups in total. The standard InChI is InChI=1S/C21H32F6N4O4/c1-10-13(20(22,23)24)29-12-14(30(9)15(28-11-2)21(25,26)27)31(16(32)34-18(3,4)5)17(33)35-19(6,7)8/h10,14H,1,11-12H2,2-9H3. The Morgan fingerprint density at radius 2 is 1.31 bits per heavy atom. The summed E-state index contributed by atoms with van der Waals surface area (Å²) in [6.07, 6.45) is -14.7. The van der Waals surface area contributed by atoms with Gasteiger partial charge in [-0.2, -0.15) is 31.2 Å². The van der Waals surface area contributed by atoms with Crippen LogP contribution in [0.3, 0.4) is 0 Å². The highest BCUT2D eigenvalue weighted by molar-refractivity contribution is 5.99. The number of halogens is 6. The molecule has 0 rings (SSSR count). The van der Waals surface area contributed by atoms with Gasteiger partial charge < -0.3 is 14.4 Å². The van der Waals surface area contributed by atoms with Crippen LogP contribution in [0.4, 0.5) is 35.9 Å². The van der Waals surface area contributed by atoms with Gasteiger partial charge in [-0.3, -0.25) is 9.98 Å². The highest BCUT2D eigenvalue weighted by Crippen LogP contribution is 2.25. The number of rotatable bonds is 6. The van der Waals surface area contributed by atoms with E-state index in [-0.39, 0.29) is 11.4 Å². The van der Waals surface area contributed by atoms with Crippen molar-refractivity contribution in [2.24, 2.45) is 9.98 Å². The topological polar surface area (TPSA) is 83.8 Å². The highest BCUT2D eigenvalue weighted by atomic mass is 19.4. The fourth-order valence-electron chi connectivity index (χ4n) is 2.46. The van der Waals surface area contributed by atoms with E-state index < -0.39 is 60.0 Å². The van der Waals surface area contributed by atoms with Crippen molar-refractivity contribution in [3.63, 3.8) is 0 Å². The minimum atomic E-state index is -5.08. The fraction of sp³-hybridized carbons (Fsp3) is 0.714. The minimum absolute atomic E-state index is 0.147. The lowest BCUT2D eigenvalue weighted by atomic mass is 10.2. The lowest BCUT2D eigenvalue weighted by Crippen LogP contribution is -2.59. The molecule has 0 aliphatic rings. The summed E-state index contributed by atoms with van der Waals surface area (Å²) >= 11 is 0. The summed E-state index contributed by atoms with van der Waals surface area (Å²) in [5, 5.41) is 0. The van der Waals surface area contributed by atoms with Gasteiger partial charge in [-0.15, -0.1) is 0 Å². The van der Waals surface area contributed by atoms with Gasteiger partial charge in [0.1, 0.15) is 23.1 Å². The van der Waals surface area contributed by atoms with E-state index in [9.17, 15) is 35.9 Å². The Morgan fingerprint density at radius 3 is 1.60 bits per heavy atom. The van der Waals surface area contributed by atoms with Gasteiger partial charge in [-0.05, 0) is 54.5 Å². The van der Waals surface area contributed by atoms with Gasteiger partial charge in [-0.25, -0.2) is 9.59 Å².